The summed E-state index contributed by atoms with van der Waals surface area (Å²) in [6.07, 6.45) is 4.46. The van der Waals surface area contributed by atoms with Crippen LogP contribution < -0.4 is 31.5 Å². The Morgan fingerprint density at radius 3 is 1.92 bits per heavy atom. The quantitative estimate of drug-likeness (QED) is 0.0615. The lowest BCUT2D eigenvalue weighted by atomic mass is 9.86. The molecule has 0 bridgehead atoms. The predicted octanol–water partition coefficient (Wildman–Crippen LogP) is 8.85. The van der Waals surface area contributed by atoms with Gasteiger partial charge < -0.3 is 40.3 Å². The third-order valence-corrected chi connectivity index (χ3v) is 13.4. The van der Waals surface area contributed by atoms with E-state index in [1.54, 1.807) is 85.3 Å². The van der Waals surface area contributed by atoms with Crippen molar-refractivity contribution >= 4 is 29.0 Å². The topological polar surface area (TPSA) is 201 Å². The number of hydrogen-bond acceptors (Lipinski definition) is 14. The van der Waals surface area contributed by atoms with Crippen LogP contribution in [-0.2, 0) is 17.6 Å². The average Bonchev–Trinajstić information content (AvgIpc) is 4.14. The van der Waals surface area contributed by atoms with Gasteiger partial charge in [-0.3, -0.25) is 14.6 Å². The molecule has 16 nitrogen and oxygen atoms in total. The molecule has 0 spiro atoms. The summed E-state index contributed by atoms with van der Waals surface area (Å²) in [5.41, 5.74) is 4.34. The van der Waals surface area contributed by atoms with Crippen molar-refractivity contribution in [3.8, 4) is 22.9 Å². The van der Waals surface area contributed by atoms with Gasteiger partial charge in [-0.1, -0.05) is 66.7 Å². The second-order valence-electron chi connectivity index (χ2n) is 18.1. The maximum Gasteiger partial charge on any atom is 0.262 e. The van der Waals surface area contributed by atoms with Crippen LogP contribution in [0.4, 0.5) is 26.0 Å². The minimum absolute atomic E-state index is 0.171. The Balaban J connectivity index is 0.861. The first-order chi connectivity index (χ1) is 35.1. The molecule has 8 aromatic rings. The molecular formula is C54H52F2N12O4. The Morgan fingerprint density at radius 2 is 1.26 bits per heavy atom. The zero-order chi connectivity index (χ0) is 49.5. The van der Waals surface area contributed by atoms with E-state index in [2.05, 4.69) is 56.9 Å². The maximum absolute atomic E-state index is 14.2. The molecule has 0 radical (unpaired) electrons. The number of nitrogens with one attached hydrogen (secondary N) is 5. The fourth-order valence-electron chi connectivity index (χ4n) is 9.33. The van der Waals surface area contributed by atoms with Gasteiger partial charge in [0.25, 0.3) is 18.2 Å². The molecule has 5 N–H and O–H groups in total. The van der Waals surface area contributed by atoms with Crippen molar-refractivity contribution in [2.45, 2.75) is 62.7 Å². The molecule has 6 heterocycles. The standard InChI is InChI=1S/C54H52F2N12O4/c1-35-9-5-6-12-41(35)34-60-47(69)38-13-7-15-42(31-38)62-53(20-27-58-28-21-53)51-66-65-50(72-51)40-19-26-59-44(33-40)68-29-22-54(23-30-68,52-67-64-49(71-52)37-17-24-57-25-18-37)63-43-16-8-14-39(32-43)48(70)61-45(46(55)56)36-10-3-2-4-11-36/h2-19,24-26,31-33,45-46,58,62-63H,20-23,27-30,34H2,1H3,(H,60,69)(H,61,70)/t45-/m0/s1. The van der Waals surface area contributed by atoms with Crippen molar-refractivity contribution in [3.63, 3.8) is 0 Å². The summed E-state index contributed by atoms with van der Waals surface area (Å²) in [7, 11) is 0. The van der Waals surface area contributed by atoms with E-state index in [9.17, 15) is 18.4 Å². The van der Waals surface area contributed by atoms with Crippen molar-refractivity contribution in [1.82, 2.24) is 46.3 Å². The number of anilines is 3. The molecule has 366 valence electrons. The Labute approximate surface area is 414 Å². The molecule has 2 saturated heterocycles. The van der Waals surface area contributed by atoms with Crippen LogP contribution >= 0.6 is 0 Å². The predicted molar refractivity (Wildman–Crippen MR) is 267 cm³/mol. The zero-order valence-corrected chi connectivity index (χ0v) is 39.4. The summed E-state index contributed by atoms with van der Waals surface area (Å²) < 4.78 is 41.4. The lowest BCUT2D eigenvalue weighted by Crippen LogP contribution is -2.47. The molecule has 18 heteroatoms. The highest BCUT2D eigenvalue weighted by atomic mass is 19.3. The number of alkyl halides is 2. The number of nitrogens with zero attached hydrogens (tertiary/aromatic N) is 7. The highest BCUT2D eigenvalue weighted by Gasteiger charge is 2.43. The van der Waals surface area contributed by atoms with Gasteiger partial charge >= 0.3 is 0 Å². The zero-order valence-electron chi connectivity index (χ0n) is 39.4. The van der Waals surface area contributed by atoms with E-state index in [-0.39, 0.29) is 11.5 Å². The van der Waals surface area contributed by atoms with Crippen LogP contribution in [-0.4, -0.2) is 74.8 Å². The molecule has 2 fully saturated rings. The molecule has 0 unspecified atom stereocenters. The van der Waals surface area contributed by atoms with E-state index in [1.165, 1.54) is 0 Å². The number of rotatable bonds is 16. The number of carbonyl (C=O) groups excluding carboxylic acids is 2. The fourth-order valence-corrected chi connectivity index (χ4v) is 9.33. The summed E-state index contributed by atoms with van der Waals surface area (Å²) in [6.45, 7) is 4.90. The van der Waals surface area contributed by atoms with Gasteiger partial charge in [-0.25, -0.2) is 13.8 Å². The summed E-state index contributed by atoms with van der Waals surface area (Å²) in [4.78, 5) is 37.8. The molecule has 10 rings (SSSR count). The summed E-state index contributed by atoms with van der Waals surface area (Å²) >= 11 is 0. The molecule has 2 aliphatic rings. The highest BCUT2D eigenvalue weighted by Crippen LogP contribution is 2.40. The van der Waals surface area contributed by atoms with E-state index in [1.807, 2.05) is 67.6 Å². The largest absolute Gasteiger partial charge is 0.418 e. The molecular weight excluding hydrogens is 919 g/mol. The molecule has 1 atom stereocenters. The highest BCUT2D eigenvalue weighted by molar-refractivity contribution is 5.96. The summed E-state index contributed by atoms with van der Waals surface area (Å²) in [5.74, 6) is 1.34. The van der Waals surface area contributed by atoms with Gasteiger partial charge in [0.05, 0.1) is 0 Å². The van der Waals surface area contributed by atoms with Gasteiger partial charge in [-0.15, -0.1) is 20.4 Å². The smallest absolute Gasteiger partial charge is 0.262 e. The summed E-state index contributed by atoms with van der Waals surface area (Å²) in [5, 5.41) is 34.4. The maximum atomic E-state index is 14.2. The van der Waals surface area contributed by atoms with Crippen molar-refractivity contribution < 1.29 is 27.2 Å². The van der Waals surface area contributed by atoms with Crippen LogP contribution in [0.15, 0.2) is 155 Å². The third kappa shape index (κ3) is 10.4. The number of aromatic nitrogens is 6. The van der Waals surface area contributed by atoms with E-state index >= 15 is 0 Å². The Morgan fingerprint density at radius 1 is 0.667 bits per heavy atom. The number of halogens is 2. The first-order valence-electron chi connectivity index (χ1n) is 23.9. The number of carbonyl (C=O) groups is 2. The van der Waals surface area contributed by atoms with Gasteiger partial charge in [0.1, 0.15) is 22.9 Å². The number of hydrogen-bond donors (Lipinski definition) is 5. The number of piperidine rings is 2. The van der Waals surface area contributed by atoms with Gasteiger partial charge in [0, 0.05) is 71.9 Å². The van der Waals surface area contributed by atoms with Crippen molar-refractivity contribution in [2.75, 3.05) is 41.7 Å². The SMILES string of the molecule is Cc1ccccc1CNC(=O)c1cccc(NC2(c3nnc(-c4ccnc(N5CCC(Nc6cccc(C(=O)N[C@@H](c7ccccc7)C(F)F)c6)(c6nnc(-c7ccncc7)o6)CC5)c4)o3)CCNCC2)c1. The number of pyridine rings is 2. The van der Waals surface area contributed by atoms with Gasteiger partial charge in [-0.2, -0.15) is 0 Å². The number of amides is 2. The van der Waals surface area contributed by atoms with E-state index < -0.39 is 29.5 Å². The molecule has 0 aliphatic carbocycles. The van der Waals surface area contributed by atoms with Crippen LogP contribution in [0.3, 0.4) is 0 Å². The normalized spacial score (nSPS) is 15.6. The van der Waals surface area contributed by atoms with E-state index in [0.717, 1.165) is 29.9 Å². The lowest BCUT2D eigenvalue weighted by molar-refractivity contribution is 0.0744. The Hall–Kier alpha value is -8.38. The summed E-state index contributed by atoms with van der Waals surface area (Å²) in [6, 6.07) is 36.2. The van der Waals surface area contributed by atoms with Gasteiger partial charge in [-0.05, 0) is 123 Å². The van der Waals surface area contributed by atoms with Crippen molar-refractivity contribution in [2.24, 2.45) is 0 Å². The van der Waals surface area contributed by atoms with E-state index in [4.69, 9.17) is 13.8 Å². The molecule has 2 amide bonds. The molecule has 0 saturated carbocycles. The van der Waals surface area contributed by atoms with Gasteiger partial charge in [0.15, 0.2) is 0 Å². The van der Waals surface area contributed by atoms with Crippen LogP contribution in [0, 0.1) is 6.92 Å². The van der Waals surface area contributed by atoms with Crippen LogP contribution in [0.25, 0.3) is 22.9 Å². The Kier molecular flexibility index (Phi) is 13.7. The van der Waals surface area contributed by atoms with E-state index in [0.29, 0.717) is 103 Å². The van der Waals surface area contributed by atoms with Crippen LogP contribution in [0.1, 0.15) is 80.9 Å². The Bertz CT molecular complexity index is 3140. The lowest BCUT2D eigenvalue weighted by Gasteiger charge is -2.41. The monoisotopic (exact) mass is 970 g/mol. The number of benzene rings is 4. The molecule has 4 aromatic heterocycles. The minimum atomic E-state index is -2.82. The van der Waals surface area contributed by atoms with Gasteiger partial charge in [0.2, 0.25) is 23.6 Å². The fraction of sp³-hybridized carbons (Fsp3) is 0.259. The number of aryl methyl sites for hydroxylation is 1. The van der Waals surface area contributed by atoms with Crippen molar-refractivity contribution in [3.05, 3.63) is 186 Å². The average molecular weight is 971 g/mol. The second-order valence-corrected chi connectivity index (χ2v) is 18.1. The first kappa shape index (κ1) is 47.3. The minimum Gasteiger partial charge on any atom is -0.418 e. The van der Waals surface area contributed by atoms with Crippen molar-refractivity contribution in [1.29, 1.82) is 0 Å². The van der Waals surface area contributed by atoms with Crippen LogP contribution in [0.5, 0.6) is 0 Å². The second kappa shape index (κ2) is 20.9. The first-order valence-corrected chi connectivity index (χ1v) is 23.9. The van der Waals surface area contributed by atoms with Crippen LogP contribution in [0.2, 0.25) is 0 Å². The molecule has 72 heavy (non-hydrogen) atoms. The molecule has 4 aromatic carbocycles. The third-order valence-electron chi connectivity index (χ3n) is 13.4. The molecule has 2 aliphatic heterocycles.